The van der Waals surface area contributed by atoms with E-state index in [1.165, 1.54) is 12.1 Å². The van der Waals surface area contributed by atoms with Crippen molar-refractivity contribution in [1.29, 1.82) is 0 Å². The minimum atomic E-state index is -1.72. The lowest BCUT2D eigenvalue weighted by molar-refractivity contribution is -0.136. The molecule has 0 bridgehead atoms. The van der Waals surface area contributed by atoms with Crippen LogP contribution in [0.15, 0.2) is 18.2 Å². The van der Waals surface area contributed by atoms with E-state index in [2.05, 4.69) is 0 Å². The fourth-order valence-electron chi connectivity index (χ4n) is 1.54. The molecule has 0 aliphatic heterocycles. The van der Waals surface area contributed by atoms with Gasteiger partial charge in [0.05, 0.1) is 5.75 Å². The molecule has 0 saturated carbocycles. The summed E-state index contributed by atoms with van der Waals surface area (Å²) in [5, 5.41) is 7.83. The molecule has 1 aromatic carbocycles. The number of hydrogen-bond donors (Lipinski definition) is 2. The van der Waals surface area contributed by atoms with Gasteiger partial charge >= 0.3 is 5.97 Å². The summed E-state index contributed by atoms with van der Waals surface area (Å²) in [6.07, 6.45) is 0.197. The molecular formula is C12H14FNO4S. The lowest BCUT2D eigenvalue weighted by Gasteiger charge is -2.10. The van der Waals surface area contributed by atoms with E-state index in [9.17, 15) is 18.2 Å². The Morgan fingerprint density at radius 3 is 2.53 bits per heavy atom. The minimum absolute atomic E-state index is 0.0114. The Kier molecular flexibility index (Phi) is 5.17. The molecule has 0 heterocycles. The largest absolute Gasteiger partial charge is 0.480 e. The van der Waals surface area contributed by atoms with Crippen molar-refractivity contribution in [1.82, 2.24) is 0 Å². The van der Waals surface area contributed by atoms with E-state index < -0.39 is 33.7 Å². The zero-order valence-corrected chi connectivity index (χ0v) is 11.1. The Labute approximate surface area is 112 Å². The molecular weight excluding hydrogens is 273 g/mol. The Morgan fingerprint density at radius 1 is 1.47 bits per heavy atom. The van der Waals surface area contributed by atoms with Crippen LogP contribution < -0.4 is 5.73 Å². The topological polar surface area (TPSA) is 97.5 Å². The average molecular weight is 287 g/mol. The molecule has 0 aliphatic rings. The van der Waals surface area contributed by atoms with Crippen LogP contribution in [0.2, 0.25) is 0 Å². The first-order valence-corrected chi connectivity index (χ1v) is 6.93. The molecule has 19 heavy (non-hydrogen) atoms. The number of amides is 1. The van der Waals surface area contributed by atoms with Crippen LogP contribution >= 0.6 is 0 Å². The van der Waals surface area contributed by atoms with Crippen LogP contribution in [-0.2, 0) is 21.3 Å². The standard InChI is InChI=1S/C12H14FNO4S/c1-2-10(12(16)17)19(18)6-8-4-3-7(11(14)15)5-9(8)13/h3-5,10H,2,6H2,1H3,(H2,14,15)(H,16,17). The molecule has 104 valence electrons. The van der Waals surface area contributed by atoms with Gasteiger partial charge in [0.25, 0.3) is 0 Å². The van der Waals surface area contributed by atoms with Crippen molar-refractivity contribution < 1.29 is 23.3 Å². The molecule has 0 aliphatic carbocycles. The Morgan fingerprint density at radius 2 is 2.11 bits per heavy atom. The second-order valence-corrected chi connectivity index (χ2v) is 5.55. The number of carbonyl (C=O) groups excluding carboxylic acids is 1. The first kappa shape index (κ1) is 15.3. The molecule has 1 aromatic rings. The summed E-state index contributed by atoms with van der Waals surface area (Å²) < 4.78 is 25.5. The number of nitrogens with two attached hydrogens (primary N) is 1. The van der Waals surface area contributed by atoms with E-state index in [0.717, 1.165) is 6.07 Å². The molecule has 0 aromatic heterocycles. The van der Waals surface area contributed by atoms with Crippen LogP contribution in [0.4, 0.5) is 4.39 Å². The molecule has 2 unspecified atom stereocenters. The number of benzene rings is 1. The van der Waals surface area contributed by atoms with Crippen LogP contribution in [0.25, 0.3) is 0 Å². The predicted octanol–water partition coefficient (Wildman–Crippen LogP) is 1.04. The summed E-state index contributed by atoms with van der Waals surface area (Å²) in [5.41, 5.74) is 5.11. The van der Waals surface area contributed by atoms with Crippen molar-refractivity contribution in [3.8, 4) is 0 Å². The normalized spacial score (nSPS) is 13.8. The van der Waals surface area contributed by atoms with Crippen LogP contribution in [-0.4, -0.2) is 26.4 Å². The first-order valence-electron chi connectivity index (χ1n) is 5.55. The molecule has 5 nitrogen and oxygen atoms in total. The Hall–Kier alpha value is -1.76. The SMILES string of the molecule is CCC(C(=O)O)S(=O)Cc1ccc(C(N)=O)cc1F. The van der Waals surface area contributed by atoms with Crippen LogP contribution in [0, 0.1) is 5.82 Å². The third-order valence-electron chi connectivity index (χ3n) is 2.60. The van der Waals surface area contributed by atoms with Crippen molar-refractivity contribution in [3.63, 3.8) is 0 Å². The van der Waals surface area contributed by atoms with E-state index in [-0.39, 0.29) is 23.3 Å². The molecule has 1 amide bonds. The maximum Gasteiger partial charge on any atom is 0.319 e. The number of halogens is 1. The van der Waals surface area contributed by atoms with Crippen molar-refractivity contribution in [3.05, 3.63) is 35.1 Å². The van der Waals surface area contributed by atoms with Crippen molar-refractivity contribution >= 4 is 22.7 Å². The van der Waals surface area contributed by atoms with Crippen molar-refractivity contribution in [2.24, 2.45) is 5.73 Å². The van der Waals surface area contributed by atoms with Crippen LogP contribution in [0.3, 0.4) is 0 Å². The van der Waals surface area contributed by atoms with Gasteiger partial charge in [-0.05, 0) is 18.6 Å². The van der Waals surface area contributed by atoms with Gasteiger partial charge in [0.15, 0.2) is 0 Å². The fraction of sp³-hybridized carbons (Fsp3) is 0.333. The van der Waals surface area contributed by atoms with Gasteiger partial charge in [0, 0.05) is 21.9 Å². The first-order chi connectivity index (χ1) is 8.86. The maximum absolute atomic E-state index is 13.6. The highest BCUT2D eigenvalue weighted by Gasteiger charge is 2.23. The molecule has 2 atom stereocenters. The van der Waals surface area contributed by atoms with Gasteiger partial charge in [0.2, 0.25) is 5.91 Å². The van der Waals surface area contributed by atoms with E-state index >= 15 is 0 Å². The van der Waals surface area contributed by atoms with E-state index in [1.807, 2.05) is 0 Å². The molecule has 0 radical (unpaired) electrons. The van der Waals surface area contributed by atoms with Gasteiger partial charge < -0.3 is 10.8 Å². The number of rotatable bonds is 6. The number of hydrogen-bond acceptors (Lipinski definition) is 3. The highest BCUT2D eigenvalue weighted by Crippen LogP contribution is 2.15. The lowest BCUT2D eigenvalue weighted by Crippen LogP contribution is -2.26. The average Bonchev–Trinajstić information content (AvgIpc) is 2.31. The van der Waals surface area contributed by atoms with Gasteiger partial charge in [-0.2, -0.15) is 0 Å². The molecule has 0 saturated heterocycles. The van der Waals surface area contributed by atoms with Gasteiger partial charge in [-0.25, -0.2) is 4.39 Å². The number of primary amides is 1. The summed E-state index contributed by atoms with van der Waals surface area (Å²) in [6.45, 7) is 1.60. The van der Waals surface area contributed by atoms with Crippen molar-refractivity contribution in [2.75, 3.05) is 0 Å². The highest BCUT2D eigenvalue weighted by molar-refractivity contribution is 7.85. The van der Waals surface area contributed by atoms with E-state index in [1.54, 1.807) is 6.92 Å². The maximum atomic E-state index is 13.6. The van der Waals surface area contributed by atoms with Gasteiger partial charge in [-0.15, -0.1) is 0 Å². The van der Waals surface area contributed by atoms with Crippen molar-refractivity contribution in [2.45, 2.75) is 24.3 Å². The van der Waals surface area contributed by atoms with Crippen LogP contribution in [0.5, 0.6) is 0 Å². The lowest BCUT2D eigenvalue weighted by atomic mass is 10.1. The predicted molar refractivity (Wildman–Crippen MR) is 68.5 cm³/mol. The third kappa shape index (κ3) is 3.85. The van der Waals surface area contributed by atoms with Gasteiger partial charge in [-0.1, -0.05) is 13.0 Å². The Balaban J connectivity index is 2.91. The number of carboxylic acid groups (broad SMARTS) is 1. The second kappa shape index (κ2) is 6.42. The highest BCUT2D eigenvalue weighted by atomic mass is 32.2. The molecule has 0 spiro atoms. The fourth-order valence-corrected chi connectivity index (χ4v) is 2.88. The molecule has 7 heteroatoms. The summed E-state index contributed by atoms with van der Waals surface area (Å²) in [7, 11) is -1.72. The second-order valence-electron chi connectivity index (χ2n) is 3.93. The molecule has 0 fully saturated rings. The molecule has 1 rings (SSSR count). The monoisotopic (exact) mass is 287 g/mol. The van der Waals surface area contributed by atoms with Gasteiger partial charge in [-0.3, -0.25) is 13.8 Å². The summed E-state index contributed by atoms with van der Waals surface area (Å²) in [4.78, 5) is 21.7. The van der Waals surface area contributed by atoms with Gasteiger partial charge in [0.1, 0.15) is 11.1 Å². The quantitative estimate of drug-likeness (QED) is 0.816. The number of aliphatic carboxylic acids is 1. The van der Waals surface area contributed by atoms with E-state index in [4.69, 9.17) is 10.8 Å². The number of carbonyl (C=O) groups is 2. The summed E-state index contributed by atoms with van der Waals surface area (Å²) in [6, 6.07) is 3.57. The zero-order valence-electron chi connectivity index (χ0n) is 10.3. The minimum Gasteiger partial charge on any atom is -0.480 e. The van der Waals surface area contributed by atoms with E-state index in [0.29, 0.717) is 0 Å². The molecule has 3 N–H and O–H groups in total. The summed E-state index contributed by atoms with van der Waals surface area (Å²) >= 11 is 0. The third-order valence-corrected chi connectivity index (χ3v) is 4.36. The zero-order chi connectivity index (χ0) is 14.6. The smallest absolute Gasteiger partial charge is 0.319 e. The summed E-state index contributed by atoms with van der Waals surface area (Å²) in [5.74, 6) is -2.86. The number of carboxylic acids is 1. The van der Waals surface area contributed by atoms with Crippen LogP contribution in [0.1, 0.15) is 29.3 Å². The Bertz CT molecular complexity index is 532.